The molecular weight excluding hydrogens is 1800 g/mol. The van der Waals surface area contributed by atoms with Crippen molar-refractivity contribution >= 4 is 131 Å². The van der Waals surface area contributed by atoms with E-state index in [1.807, 2.05) is 188 Å². The maximum absolute atomic E-state index is 6.82. The molecule has 9 aromatic heterocycles. The summed E-state index contributed by atoms with van der Waals surface area (Å²) in [5.74, 6) is 4.10. The van der Waals surface area contributed by atoms with Crippen LogP contribution in [0, 0.1) is 0 Å². The van der Waals surface area contributed by atoms with E-state index < -0.39 is 0 Å². The molecule has 0 aliphatic carbocycles. The number of nitrogens with zero attached hydrogens (tertiary/aromatic N) is 11. The third-order valence-corrected chi connectivity index (χ3v) is 27.5. The lowest BCUT2D eigenvalue weighted by molar-refractivity contribution is 0.669. The van der Waals surface area contributed by atoms with Crippen molar-refractivity contribution < 1.29 is 13.3 Å². The Balaban J connectivity index is 0.000000109. The van der Waals surface area contributed by atoms with Gasteiger partial charge >= 0.3 is 0 Å². The van der Waals surface area contributed by atoms with Crippen LogP contribution in [0.5, 0.6) is 0 Å². The van der Waals surface area contributed by atoms with Crippen molar-refractivity contribution in [3.05, 3.63) is 491 Å². The van der Waals surface area contributed by atoms with Crippen LogP contribution in [0.15, 0.2) is 505 Å². The fraction of sp³-hybridized carbons (Fsp3) is 0. The van der Waals surface area contributed by atoms with Crippen molar-refractivity contribution in [2.75, 3.05) is 0 Å². The van der Waals surface area contributed by atoms with E-state index in [0.29, 0.717) is 40.8 Å². The van der Waals surface area contributed by atoms with Gasteiger partial charge in [0.1, 0.15) is 33.5 Å². The lowest BCUT2D eigenvalue weighted by atomic mass is 9.93. The predicted octanol–water partition coefficient (Wildman–Crippen LogP) is 34.4. The highest BCUT2D eigenvalue weighted by atomic mass is 16.3. The Morgan fingerprint density at radius 2 is 0.347 bits per heavy atom. The van der Waals surface area contributed by atoms with E-state index >= 15 is 0 Å². The summed E-state index contributed by atoms with van der Waals surface area (Å²) in [4.78, 5) is 56.6. The van der Waals surface area contributed by atoms with Crippen LogP contribution >= 0.6 is 0 Å². The van der Waals surface area contributed by atoms with Crippen LogP contribution in [0.4, 0.5) is 0 Å². The van der Waals surface area contributed by atoms with Gasteiger partial charge in [-0.3, -0.25) is 0 Å². The number of fused-ring (bicyclic) bond motifs is 21. The molecule has 0 saturated carbocycles. The molecule has 0 amide bonds. The largest absolute Gasteiger partial charge is 0.455 e. The van der Waals surface area contributed by atoms with Gasteiger partial charge in [0.05, 0.1) is 56.1 Å². The van der Waals surface area contributed by atoms with Gasteiger partial charge in [-0.2, -0.15) is 0 Å². The second kappa shape index (κ2) is 36.8. The van der Waals surface area contributed by atoms with E-state index in [9.17, 15) is 0 Å². The molecular formula is C133H81N11O3. The van der Waals surface area contributed by atoms with Gasteiger partial charge in [-0.1, -0.05) is 431 Å². The van der Waals surface area contributed by atoms with Crippen LogP contribution in [0.25, 0.3) is 289 Å². The predicted molar refractivity (Wildman–Crippen MR) is 598 cm³/mol. The van der Waals surface area contributed by atoms with Crippen LogP contribution in [-0.2, 0) is 0 Å². The average molecular weight is 1880 g/mol. The molecule has 0 aliphatic rings. The Bertz CT molecular complexity index is 9680. The first-order valence-corrected chi connectivity index (χ1v) is 49.0. The van der Waals surface area contributed by atoms with Gasteiger partial charge in [-0.05, 0) is 82.9 Å². The Morgan fingerprint density at radius 1 is 0.129 bits per heavy atom. The molecule has 0 atom stereocenters. The van der Waals surface area contributed by atoms with Crippen molar-refractivity contribution in [2.24, 2.45) is 0 Å². The molecule has 20 aromatic carbocycles. The van der Waals surface area contributed by atoms with Gasteiger partial charge in [-0.15, -0.1) is 0 Å². The van der Waals surface area contributed by atoms with Crippen LogP contribution in [0.1, 0.15) is 0 Å². The number of benzene rings is 20. The van der Waals surface area contributed by atoms with Gasteiger partial charge in [0.15, 0.2) is 40.8 Å². The minimum absolute atomic E-state index is 0.532. The van der Waals surface area contributed by atoms with Gasteiger partial charge in [-0.25, -0.2) is 54.8 Å². The topological polar surface area (TPSA) is 181 Å². The molecule has 14 nitrogen and oxygen atoms in total. The maximum Gasteiger partial charge on any atom is 0.167 e. The summed E-state index contributed by atoms with van der Waals surface area (Å²) in [6.45, 7) is 0. The summed E-state index contributed by atoms with van der Waals surface area (Å²) in [5, 5.41) is 15.8. The van der Waals surface area contributed by atoms with Crippen LogP contribution in [-0.4, -0.2) is 54.8 Å². The van der Waals surface area contributed by atoms with E-state index in [1.165, 1.54) is 5.56 Å². The van der Waals surface area contributed by atoms with E-state index in [1.54, 1.807) is 0 Å². The van der Waals surface area contributed by atoms with Crippen molar-refractivity contribution in [3.8, 4) is 158 Å². The second-order valence-electron chi connectivity index (χ2n) is 36.4. The van der Waals surface area contributed by atoms with Gasteiger partial charge in [0.25, 0.3) is 0 Å². The van der Waals surface area contributed by atoms with Crippen LogP contribution < -0.4 is 0 Å². The summed E-state index contributed by atoms with van der Waals surface area (Å²) >= 11 is 0. The van der Waals surface area contributed by atoms with E-state index in [-0.39, 0.29) is 0 Å². The number of para-hydroxylation sites is 6. The molecule has 0 radical (unpaired) electrons. The summed E-state index contributed by atoms with van der Waals surface area (Å²) in [6.07, 6.45) is 0. The zero-order valence-corrected chi connectivity index (χ0v) is 78.9. The molecule has 0 bridgehead atoms. The Hall–Kier alpha value is -20.1. The number of hydrogen-bond acceptors (Lipinski definition) is 14. The summed E-state index contributed by atoms with van der Waals surface area (Å²) in [5.41, 5.74) is 27.6. The number of aromatic nitrogens is 11. The monoisotopic (exact) mass is 1880 g/mol. The minimum Gasteiger partial charge on any atom is -0.455 e. The van der Waals surface area contributed by atoms with E-state index in [0.717, 1.165) is 243 Å². The second-order valence-corrected chi connectivity index (χ2v) is 36.4. The molecule has 9 heterocycles. The normalized spacial score (nSPS) is 11.5. The molecule has 14 heteroatoms. The van der Waals surface area contributed by atoms with Crippen molar-refractivity contribution in [1.29, 1.82) is 0 Å². The standard InChI is InChI=1S/C47H29N3O.C46H28N4O.C40H24N4O/c1-4-14-30(15-5-1)31-24-26-32(27-25-31)40-29-41(50-47(49-40)34-18-8-3-9-19-34)37-28-38-43(44-36-21-11-13-23-42(36)51-46(37)44)35-20-10-12-22-39(35)48-45(38)33-16-6-2-7-17-33;1-4-14-29(15-5-1)30-24-26-33(27-25-30)45-48-44(32-18-8-3-9-19-32)49-46(50-45)37-28-36-40(41-35-21-11-13-23-39(35)51-43(37)41)34-20-10-12-22-38(34)47-42(36)31-16-6-2-7-17-31;1-4-14-25(15-5-1)36-30-24-31(40-43-38(26-16-6-2-7-17-26)42-39(44-40)27-18-8-3-9-19-27)37-35(29-21-11-13-23-33(29)45-37)34(30)28-20-10-12-22-32(28)41-36/h1-29H;1-28H;1-24H. The molecule has 686 valence electrons. The van der Waals surface area contributed by atoms with Gasteiger partial charge in [0.2, 0.25) is 0 Å². The molecule has 0 fully saturated rings. The molecule has 0 spiro atoms. The fourth-order valence-electron chi connectivity index (χ4n) is 20.6. The highest BCUT2D eigenvalue weighted by molar-refractivity contribution is 6.34. The molecule has 0 N–H and O–H groups in total. The molecule has 147 heavy (non-hydrogen) atoms. The van der Waals surface area contributed by atoms with Crippen LogP contribution in [0.2, 0.25) is 0 Å². The zero-order chi connectivity index (χ0) is 97.2. The first kappa shape index (κ1) is 86.0. The maximum atomic E-state index is 6.82. The molecule has 0 unspecified atom stereocenters. The quantitative estimate of drug-likeness (QED) is 0.0938. The Labute approximate surface area is 842 Å². The SMILES string of the molecule is c1ccc(-c2ccc(-c3cc(-c4cc5c(-c6ccccc6)nc6ccccc6c5c5c4oc4ccccc45)nc(-c4ccccc4)n3)cc2)cc1.c1ccc(-c2ccc(-c3nc(-c4ccccc4)nc(-c4cc5c(-c6ccccc6)nc6ccccc6c5c5c4oc4ccccc45)n3)cc2)cc1.c1ccc(-c2nc(-c3ccccc3)nc(-c3cc4c(-c5ccccc5)nc5ccccc5c4c4c3oc3ccccc34)n2)cc1. The average Bonchev–Trinajstić information content (AvgIpc) is 1.62. The minimum atomic E-state index is 0.532. The summed E-state index contributed by atoms with van der Waals surface area (Å²) < 4.78 is 20.3. The Morgan fingerprint density at radius 3 is 0.667 bits per heavy atom. The molecule has 29 aromatic rings. The molecule has 29 rings (SSSR count). The number of rotatable bonds is 14. The third-order valence-electron chi connectivity index (χ3n) is 27.5. The summed E-state index contributed by atoms with van der Waals surface area (Å²) in [6, 6.07) is 168. The molecule has 0 aliphatic heterocycles. The van der Waals surface area contributed by atoms with Gasteiger partial charge < -0.3 is 13.3 Å². The Kier molecular flexibility index (Phi) is 21.6. The first-order chi connectivity index (χ1) is 72.9. The summed E-state index contributed by atoms with van der Waals surface area (Å²) in [7, 11) is 0. The van der Waals surface area contributed by atoms with Crippen molar-refractivity contribution in [1.82, 2.24) is 54.8 Å². The highest BCUT2D eigenvalue weighted by Gasteiger charge is 2.30. The number of furan rings is 3. The third kappa shape index (κ3) is 15.8. The zero-order valence-electron chi connectivity index (χ0n) is 78.9. The lowest BCUT2D eigenvalue weighted by Gasteiger charge is -2.15. The molecule has 0 saturated heterocycles. The smallest absolute Gasteiger partial charge is 0.167 e. The van der Waals surface area contributed by atoms with E-state index in [4.69, 9.17) is 68.1 Å². The van der Waals surface area contributed by atoms with E-state index in [2.05, 4.69) is 303 Å². The first-order valence-electron chi connectivity index (χ1n) is 49.0. The van der Waals surface area contributed by atoms with Gasteiger partial charge in [0, 0.05) is 136 Å². The fourth-order valence-corrected chi connectivity index (χ4v) is 20.6. The van der Waals surface area contributed by atoms with Crippen molar-refractivity contribution in [3.63, 3.8) is 0 Å². The highest BCUT2D eigenvalue weighted by Crippen LogP contribution is 2.51. The van der Waals surface area contributed by atoms with Crippen molar-refractivity contribution in [2.45, 2.75) is 0 Å². The van der Waals surface area contributed by atoms with Crippen LogP contribution in [0.3, 0.4) is 0 Å². The number of hydrogen-bond donors (Lipinski definition) is 0. The number of pyridine rings is 3. The lowest BCUT2D eigenvalue weighted by Crippen LogP contribution is -2.01.